The van der Waals surface area contributed by atoms with E-state index in [4.69, 9.17) is 9.90 Å². The Hall–Kier alpha value is -2.61. The van der Waals surface area contributed by atoms with Gasteiger partial charge in [0, 0.05) is 27.9 Å². The topological polar surface area (TPSA) is 17.0 Å². The van der Waals surface area contributed by atoms with Gasteiger partial charge in [-0.15, -0.1) is 0 Å². The van der Waals surface area contributed by atoms with Crippen molar-refractivity contribution < 1.29 is 14.5 Å². The van der Waals surface area contributed by atoms with Gasteiger partial charge in [-0.2, -0.15) is 0 Å². The van der Waals surface area contributed by atoms with Crippen LogP contribution in [0, 0.1) is 13.8 Å². The fourth-order valence-electron chi connectivity index (χ4n) is 3.50. The van der Waals surface area contributed by atoms with Crippen molar-refractivity contribution in [3.63, 3.8) is 0 Å². The van der Waals surface area contributed by atoms with Gasteiger partial charge in [-0.3, -0.25) is 0 Å². The van der Waals surface area contributed by atoms with Crippen molar-refractivity contribution in [2.45, 2.75) is 33.5 Å². The third kappa shape index (κ3) is 2.44. The highest BCUT2D eigenvalue weighted by molar-refractivity contribution is 6.09. The van der Waals surface area contributed by atoms with Crippen LogP contribution in [0.2, 0.25) is 0 Å². The molecule has 0 radical (unpaired) electrons. The highest BCUT2D eigenvalue weighted by Gasteiger charge is 2.22. The molecule has 0 amide bonds. The van der Waals surface area contributed by atoms with Crippen LogP contribution in [0.5, 0.6) is 0 Å². The van der Waals surface area contributed by atoms with Gasteiger partial charge in [0.05, 0.1) is 5.56 Å². The quantitative estimate of drug-likeness (QED) is 0.422. The highest BCUT2D eigenvalue weighted by atomic mass is 16.3. The van der Waals surface area contributed by atoms with Crippen LogP contribution in [0.4, 0.5) is 0 Å². The molecule has 25 heavy (non-hydrogen) atoms. The van der Waals surface area contributed by atoms with Gasteiger partial charge in [-0.1, -0.05) is 44.2 Å². The summed E-state index contributed by atoms with van der Waals surface area (Å²) in [6.07, 6.45) is 1.77. The summed E-state index contributed by atoms with van der Waals surface area (Å²) in [4.78, 5) is 0. The number of aromatic nitrogens is 1. The average Bonchev–Trinajstić information content (AvgIpc) is 2.98. The second-order valence-corrected chi connectivity index (χ2v) is 6.83. The lowest BCUT2D eigenvalue weighted by Crippen LogP contribution is -2.32. The molecule has 0 aliphatic heterocycles. The molecular formula is C23H24NO+. The minimum absolute atomic E-state index is 0.207. The zero-order chi connectivity index (χ0) is 21.1. The van der Waals surface area contributed by atoms with Crippen molar-refractivity contribution in [1.29, 1.82) is 0 Å². The Morgan fingerprint density at radius 1 is 1.08 bits per heavy atom. The third-order valence-corrected chi connectivity index (χ3v) is 4.82. The molecular weight excluding hydrogens is 306 g/mol. The normalized spacial score (nSPS) is 15.0. The highest BCUT2D eigenvalue weighted by Crippen LogP contribution is 2.37. The molecule has 2 aromatic heterocycles. The standard InChI is InChI=1S/C23H24NO/c1-14(2)19-13-24(5)20(12-16(19)4)22-15(3)10-11-18-17-8-6-7-9-21(17)25-23(18)22/h6-14H,1-5H3/q+1/i4D3,14D. The monoisotopic (exact) mass is 334 g/mol. The fraction of sp³-hybridized carbons (Fsp3) is 0.261. The molecule has 0 aliphatic carbocycles. The minimum atomic E-state index is -2.31. The molecule has 0 spiro atoms. The Bertz CT molecular complexity index is 1250. The average molecular weight is 334 g/mol. The Balaban J connectivity index is 2.10. The predicted molar refractivity (Wildman–Crippen MR) is 104 cm³/mol. The Morgan fingerprint density at radius 2 is 1.88 bits per heavy atom. The van der Waals surface area contributed by atoms with E-state index in [9.17, 15) is 0 Å². The van der Waals surface area contributed by atoms with E-state index in [-0.39, 0.29) is 5.56 Å². The lowest BCUT2D eigenvalue weighted by molar-refractivity contribution is -0.660. The van der Waals surface area contributed by atoms with Crippen LogP contribution in [0.25, 0.3) is 33.2 Å². The number of rotatable bonds is 2. The maximum Gasteiger partial charge on any atom is 0.216 e. The van der Waals surface area contributed by atoms with Crippen LogP contribution >= 0.6 is 0 Å². The van der Waals surface area contributed by atoms with Crippen LogP contribution in [0.15, 0.2) is 53.1 Å². The van der Waals surface area contributed by atoms with E-state index >= 15 is 0 Å². The van der Waals surface area contributed by atoms with Gasteiger partial charge in [0.2, 0.25) is 5.69 Å². The van der Waals surface area contributed by atoms with E-state index in [0.717, 1.165) is 38.8 Å². The molecule has 0 saturated heterocycles. The first-order valence-electron chi connectivity index (χ1n) is 10.4. The second-order valence-electron chi connectivity index (χ2n) is 6.83. The number of furan rings is 1. The summed E-state index contributed by atoms with van der Waals surface area (Å²) in [5, 5.41) is 2.04. The summed E-state index contributed by atoms with van der Waals surface area (Å²) in [6.45, 7) is 3.11. The number of fused-ring (bicyclic) bond motifs is 3. The number of para-hydroxylation sites is 1. The molecule has 2 aromatic carbocycles. The Kier molecular flexibility index (Phi) is 2.72. The van der Waals surface area contributed by atoms with Crippen LogP contribution < -0.4 is 4.57 Å². The first-order chi connectivity index (χ1) is 13.5. The summed E-state index contributed by atoms with van der Waals surface area (Å²) >= 11 is 0. The van der Waals surface area contributed by atoms with Gasteiger partial charge in [0.1, 0.15) is 18.2 Å². The summed E-state index contributed by atoms with van der Waals surface area (Å²) in [7, 11) is 1.88. The molecule has 4 aromatic rings. The van der Waals surface area contributed by atoms with Crippen molar-refractivity contribution in [1.82, 2.24) is 0 Å². The van der Waals surface area contributed by atoms with E-state index in [0.29, 0.717) is 5.56 Å². The summed E-state index contributed by atoms with van der Waals surface area (Å²) < 4.78 is 40.7. The van der Waals surface area contributed by atoms with Gasteiger partial charge in [-0.05, 0) is 36.9 Å². The maximum atomic E-state index is 8.43. The third-order valence-electron chi connectivity index (χ3n) is 4.82. The zero-order valence-corrected chi connectivity index (χ0v) is 15.0. The summed E-state index contributed by atoms with van der Waals surface area (Å²) in [5.41, 5.74) is 4.89. The summed E-state index contributed by atoms with van der Waals surface area (Å²) in [6, 6.07) is 13.7. The molecule has 2 nitrogen and oxygen atoms in total. The van der Waals surface area contributed by atoms with E-state index < -0.39 is 12.7 Å². The van der Waals surface area contributed by atoms with Gasteiger partial charge in [0.15, 0.2) is 6.20 Å². The van der Waals surface area contributed by atoms with Gasteiger partial charge in [-0.25, -0.2) is 4.57 Å². The molecule has 0 bridgehead atoms. The molecule has 2 heteroatoms. The zero-order valence-electron chi connectivity index (χ0n) is 19.0. The van der Waals surface area contributed by atoms with E-state index in [2.05, 4.69) is 0 Å². The van der Waals surface area contributed by atoms with Gasteiger partial charge in [0.25, 0.3) is 0 Å². The molecule has 0 aliphatic rings. The van der Waals surface area contributed by atoms with Crippen molar-refractivity contribution in [2.24, 2.45) is 7.05 Å². The van der Waals surface area contributed by atoms with Crippen LogP contribution in [-0.4, -0.2) is 0 Å². The molecule has 0 fully saturated rings. The molecule has 2 heterocycles. The van der Waals surface area contributed by atoms with E-state index in [1.165, 1.54) is 0 Å². The molecule has 0 atom stereocenters. The van der Waals surface area contributed by atoms with E-state index in [1.807, 2.05) is 54.9 Å². The Morgan fingerprint density at radius 3 is 2.64 bits per heavy atom. The van der Waals surface area contributed by atoms with Crippen LogP contribution in [0.3, 0.4) is 0 Å². The minimum Gasteiger partial charge on any atom is -0.455 e. The number of hydrogen-bond acceptors (Lipinski definition) is 1. The molecule has 0 N–H and O–H groups in total. The number of benzene rings is 2. The molecule has 126 valence electrons. The number of hydrogen-bond donors (Lipinski definition) is 0. The van der Waals surface area contributed by atoms with Crippen LogP contribution in [0.1, 0.15) is 41.9 Å². The second kappa shape index (κ2) is 5.73. The lowest BCUT2D eigenvalue weighted by Gasteiger charge is -2.11. The molecule has 4 rings (SSSR count). The summed E-state index contributed by atoms with van der Waals surface area (Å²) in [5.74, 6) is -1.03. The number of aryl methyl sites for hydroxylation is 3. The molecule has 0 saturated carbocycles. The number of pyridine rings is 1. The predicted octanol–water partition coefficient (Wildman–Crippen LogP) is 5.82. The van der Waals surface area contributed by atoms with Gasteiger partial charge < -0.3 is 4.42 Å². The van der Waals surface area contributed by atoms with Crippen molar-refractivity contribution in [2.75, 3.05) is 0 Å². The van der Waals surface area contributed by atoms with Crippen molar-refractivity contribution in [3.8, 4) is 11.3 Å². The first-order valence-corrected chi connectivity index (χ1v) is 8.44. The van der Waals surface area contributed by atoms with E-state index in [1.54, 1.807) is 26.1 Å². The SMILES string of the molecule is [2H]C([2H])([2H])c1cc(-c2c(C)ccc3c2oc2ccccc23)[n+](C)cc1C([2H])(C)C. The van der Waals surface area contributed by atoms with Crippen molar-refractivity contribution >= 4 is 21.9 Å². The lowest BCUT2D eigenvalue weighted by atomic mass is 9.95. The smallest absolute Gasteiger partial charge is 0.216 e. The largest absolute Gasteiger partial charge is 0.455 e. The van der Waals surface area contributed by atoms with Crippen LogP contribution in [-0.2, 0) is 7.05 Å². The molecule has 0 unspecified atom stereocenters. The van der Waals surface area contributed by atoms with Crippen molar-refractivity contribution in [3.05, 3.63) is 65.4 Å². The fourth-order valence-corrected chi connectivity index (χ4v) is 3.50. The first kappa shape index (κ1) is 11.9. The Labute approximate surface area is 154 Å². The number of nitrogens with zero attached hydrogens (tertiary/aromatic N) is 1. The maximum absolute atomic E-state index is 8.43. The van der Waals surface area contributed by atoms with Gasteiger partial charge >= 0.3 is 0 Å².